The fourth-order valence-electron chi connectivity index (χ4n) is 9.53. The second-order valence-corrected chi connectivity index (χ2v) is 13.0. The summed E-state index contributed by atoms with van der Waals surface area (Å²) in [5.41, 5.74) is -0.217. The summed E-state index contributed by atoms with van der Waals surface area (Å²) in [6.07, 6.45) is 6.83. The minimum absolute atomic E-state index is 0.0210. The van der Waals surface area contributed by atoms with Gasteiger partial charge in [-0.1, -0.05) is 27.7 Å². The predicted molar refractivity (Wildman–Crippen MR) is 125 cm³/mol. The van der Waals surface area contributed by atoms with Gasteiger partial charge in [-0.2, -0.15) is 0 Å². The van der Waals surface area contributed by atoms with Crippen molar-refractivity contribution >= 4 is 0 Å². The Kier molecular flexibility index (Phi) is 6.84. The third-order valence-corrected chi connectivity index (χ3v) is 11.6. The van der Waals surface area contributed by atoms with E-state index in [9.17, 15) is 20.4 Å². The highest BCUT2D eigenvalue weighted by atomic mass is 16.3. The van der Waals surface area contributed by atoms with Crippen molar-refractivity contribution in [2.75, 3.05) is 6.61 Å². The molecule has 0 aromatic rings. The van der Waals surface area contributed by atoms with Crippen molar-refractivity contribution in [1.29, 1.82) is 0 Å². The molecule has 4 rings (SSSR count). The summed E-state index contributed by atoms with van der Waals surface area (Å²) >= 11 is 0. The molecule has 186 valence electrons. The first-order valence-corrected chi connectivity index (χ1v) is 13.3. The van der Waals surface area contributed by atoms with Crippen molar-refractivity contribution in [3.05, 3.63) is 0 Å². The zero-order valence-electron chi connectivity index (χ0n) is 20.7. The Labute approximate surface area is 194 Å². The molecule has 5 N–H and O–H groups in total. The molecule has 4 fully saturated rings. The van der Waals surface area contributed by atoms with Crippen LogP contribution in [0.15, 0.2) is 0 Å². The first kappa shape index (κ1) is 24.9. The van der Waals surface area contributed by atoms with Crippen LogP contribution in [0.25, 0.3) is 0 Å². The summed E-state index contributed by atoms with van der Waals surface area (Å²) in [7, 11) is 0. The first-order valence-electron chi connectivity index (χ1n) is 13.3. The minimum Gasteiger partial charge on any atom is -0.396 e. The highest BCUT2D eigenvalue weighted by Gasteiger charge is 2.68. The van der Waals surface area contributed by atoms with Gasteiger partial charge in [0.15, 0.2) is 0 Å². The molecule has 0 spiro atoms. The van der Waals surface area contributed by atoms with Gasteiger partial charge in [-0.25, -0.2) is 0 Å². The monoisotopic (exact) mass is 452 g/mol. The van der Waals surface area contributed by atoms with E-state index in [1.807, 2.05) is 0 Å². The molecule has 5 heteroatoms. The molecule has 4 aliphatic rings. The average molecular weight is 453 g/mol. The van der Waals surface area contributed by atoms with Gasteiger partial charge in [0.1, 0.15) is 0 Å². The number of hydrogen-bond donors (Lipinski definition) is 5. The van der Waals surface area contributed by atoms with Gasteiger partial charge in [0, 0.05) is 6.61 Å². The molecule has 0 aliphatic heterocycles. The highest BCUT2D eigenvalue weighted by Crippen LogP contribution is 2.71. The van der Waals surface area contributed by atoms with Gasteiger partial charge in [-0.15, -0.1) is 0 Å². The van der Waals surface area contributed by atoms with Crippen molar-refractivity contribution in [2.24, 2.45) is 45.8 Å². The number of fused-ring (bicyclic) bond motifs is 5. The molecular weight excluding hydrogens is 404 g/mol. The molecule has 4 aliphatic carbocycles. The van der Waals surface area contributed by atoms with E-state index in [2.05, 4.69) is 27.7 Å². The Hall–Kier alpha value is -0.200. The van der Waals surface area contributed by atoms with Gasteiger partial charge in [-0.3, -0.25) is 0 Å². The molecule has 0 heterocycles. The lowest BCUT2D eigenvalue weighted by Gasteiger charge is -2.67. The fraction of sp³-hybridized carbons (Fsp3) is 1.00. The average Bonchev–Trinajstić information content (AvgIpc) is 3.07. The zero-order chi connectivity index (χ0) is 23.5. The van der Waals surface area contributed by atoms with Crippen LogP contribution in [0.1, 0.15) is 91.9 Å². The largest absolute Gasteiger partial charge is 0.396 e. The van der Waals surface area contributed by atoms with Crippen molar-refractivity contribution < 1.29 is 25.5 Å². The van der Waals surface area contributed by atoms with Crippen LogP contribution < -0.4 is 0 Å². The normalized spacial score (nSPS) is 52.6. The lowest BCUT2D eigenvalue weighted by Crippen LogP contribution is -2.65. The van der Waals surface area contributed by atoms with E-state index in [1.54, 1.807) is 0 Å². The van der Waals surface area contributed by atoms with Crippen LogP contribution >= 0.6 is 0 Å². The predicted octanol–water partition coefficient (Wildman–Crippen LogP) is 3.50. The lowest BCUT2D eigenvalue weighted by atomic mass is 9.39. The van der Waals surface area contributed by atoms with Crippen LogP contribution in [0.3, 0.4) is 0 Å². The zero-order valence-corrected chi connectivity index (χ0v) is 20.7. The third kappa shape index (κ3) is 3.69. The summed E-state index contributed by atoms with van der Waals surface area (Å²) < 4.78 is 0. The van der Waals surface area contributed by atoms with Gasteiger partial charge < -0.3 is 25.5 Å². The number of hydrogen-bond acceptors (Lipinski definition) is 5. The topological polar surface area (TPSA) is 101 Å². The van der Waals surface area contributed by atoms with Gasteiger partial charge in [0.25, 0.3) is 0 Å². The molecule has 0 radical (unpaired) electrons. The Morgan fingerprint density at radius 2 is 1.62 bits per heavy atom. The molecule has 0 bridgehead atoms. The van der Waals surface area contributed by atoms with E-state index >= 15 is 0 Å². The SMILES string of the molecule is C[C@@H](CC[C@H](O)CCO)[C@H]1CC[C@H]2[C@@H]3[C@H](O)C[C@]4(C)C[C@H](O)CC[C@]4(C)[C@H]3C[C@H](O)[C@@]12C. The second-order valence-electron chi connectivity index (χ2n) is 13.0. The first-order chi connectivity index (χ1) is 15.0. The van der Waals surface area contributed by atoms with Gasteiger partial charge in [-0.05, 0) is 110 Å². The summed E-state index contributed by atoms with van der Waals surface area (Å²) in [6.45, 7) is 9.22. The van der Waals surface area contributed by atoms with E-state index in [1.165, 1.54) is 0 Å². The Morgan fingerprint density at radius 3 is 2.31 bits per heavy atom. The molecule has 0 unspecified atom stereocenters. The van der Waals surface area contributed by atoms with Crippen molar-refractivity contribution in [3.63, 3.8) is 0 Å². The Bertz CT molecular complexity index is 670. The number of aliphatic hydroxyl groups is 5. The minimum atomic E-state index is -0.451. The number of rotatable bonds is 6. The molecule has 5 nitrogen and oxygen atoms in total. The van der Waals surface area contributed by atoms with Crippen LogP contribution in [0, 0.1) is 45.8 Å². The summed E-state index contributed by atoms with van der Waals surface area (Å²) in [5, 5.41) is 52.8. The molecule has 0 amide bonds. The number of aliphatic hydroxyl groups excluding tert-OH is 5. The van der Waals surface area contributed by atoms with Gasteiger partial charge in [0.05, 0.1) is 24.4 Å². The molecule has 0 saturated heterocycles. The van der Waals surface area contributed by atoms with Crippen molar-refractivity contribution in [3.8, 4) is 0 Å². The van der Waals surface area contributed by atoms with Crippen LogP contribution in [-0.2, 0) is 0 Å². The van der Waals surface area contributed by atoms with Crippen LogP contribution in [0.2, 0.25) is 0 Å². The lowest BCUT2D eigenvalue weighted by molar-refractivity contribution is -0.233. The molecule has 4 saturated carbocycles. The molecular formula is C27H48O5. The van der Waals surface area contributed by atoms with Crippen LogP contribution in [0.5, 0.6) is 0 Å². The van der Waals surface area contributed by atoms with E-state index in [-0.39, 0.29) is 47.1 Å². The Morgan fingerprint density at radius 1 is 0.906 bits per heavy atom. The highest BCUT2D eigenvalue weighted by molar-refractivity contribution is 5.16. The van der Waals surface area contributed by atoms with E-state index < -0.39 is 6.10 Å². The third-order valence-electron chi connectivity index (χ3n) is 11.6. The van der Waals surface area contributed by atoms with E-state index in [4.69, 9.17) is 5.11 Å². The maximum absolute atomic E-state index is 11.7. The second kappa shape index (κ2) is 8.78. The fourth-order valence-corrected chi connectivity index (χ4v) is 9.53. The van der Waals surface area contributed by atoms with E-state index in [0.717, 1.165) is 51.4 Å². The Balaban J connectivity index is 1.57. The quantitative estimate of drug-likeness (QED) is 0.425. The maximum atomic E-state index is 11.7. The van der Waals surface area contributed by atoms with Gasteiger partial charge in [0.2, 0.25) is 0 Å². The molecule has 12 atom stereocenters. The summed E-state index contributed by atoms with van der Waals surface area (Å²) in [4.78, 5) is 0. The van der Waals surface area contributed by atoms with Crippen molar-refractivity contribution in [1.82, 2.24) is 0 Å². The molecule has 0 aromatic carbocycles. The van der Waals surface area contributed by atoms with Crippen LogP contribution in [0.4, 0.5) is 0 Å². The molecule has 32 heavy (non-hydrogen) atoms. The van der Waals surface area contributed by atoms with E-state index in [0.29, 0.717) is 36.5 Å². The summed E-state index contributed by atoms with van der Waals surface area (Å²) in [6, 6.07) is 0. The van der Waals surface area contributed by atoms with Gasteiger partial charge >= 0.3 is 0 Å². The van der Waals surface area contributed by atoms with Crippen molar-refractivity contribution in [2.45, 2.75) is 116 Å². The standard InChI is InChI=1S/C27H48O5/c1-16(5-6-17(29)10-12-28)19-7-8-20-24-21(13-23(32)27(19,20)4)26(3)11-9-18(30)14-25(26,2)15-22(24)31/h16-24,28-32H,5-15H2,1-4H3/t16-,17-,18+,19+,20-,21-,22+,23-,24-,25-,26+,27-/m0/s1. The smallest absolute Gasteiger partial charge is 0.0602 e. The maximum Gasteiger partial charge on any atom is 0.0602 e. The van der Waals surface area contributed by atoms with Crippen LogP contribution in [-0.4, -0.2) is 56.6 Å². The molecule has 0 aromatic heterocycles. The summed E-state index contributed by atoms with van der Waals surface area (Å²) in [5.74, 6) is 1.66.